The maximum absolute atomic E-state index is 12.0. The quantitative estimate of drug-likeness (QED) is 0.305. The lowest BCUT2D eigenvalue weighted by molar-refractivity contribution is -0.129. The molecule has 0 aliphatic rings. The molecular weight excluding hydrogens is 352 g/mol. The molecule has 0 rings (SSSR count). The van der Waals surface area contributed by atoms with E-state index in [0.717, 1.165) is 25.7 Å². The molecule has 0 aromatic heterocycles. The minimum Gasteiger partial charge on any atom is -0.273 e. The normalized spacial score (nSPS) is 11.5. The number of nitrogens with zero attached hydrogens (tertiary/aromatic N) is 2. The lowest BCUT2D eigenvalue weighted by Crippen LogP contribution is -2.34. The van der Waals surface area contributed by atoms with Crippen LogP contribution in [-0.4, -0.2) is 27.5 Å². The Kier molecular flexibility index (Phi) is 10.8. The fourth-order valence-electron chi connectivity index (χ4n) is 2.43. The second-order valence-electron chi connectivity index (χ2n) is 7.66. The van der Waals surface area contributed by atoms with Crippen molar-refractivity contribution in [2.45, 2.75) is 66.2 Å². The number of amides is 2. The van der Waals surface area contributed by atoms with E-state index in [1.54, 1.807) is 40.1 Å². The summed E-state index contributed by atoms with van der Waals surface area (Å²) in [6.45, 7) is 7.17. The van der Waals surface area contributed by atoms with Crippen molar-refractivity contribution in [2.24, 2.45) is 10.8 Å². The highest BCUT2D eigenvalue weighted by atomic mass is 32.2. The molecule has 0 aliphatic carbocycles. The van der Waals surface area contributed by atoms with Crippen LogP contribution in [0.3, 0.4) is 0 Å². The molecule has 0 spiro atoms. The van der Waals surface area contributed by atoms with Gasteiger partial charge in [0.25, 0.3) is 0 Å². The summed E-state index contributed by atoms with van der Waals surface area (Å²) in [5, 5.41) is 21.3. The van der Waals surface area contributed by atoms with Gasteiger partial charge in [0, 0.05) is 33.1 Å². The van der Waals surface area contributed by atoms with Gasteiger partial charge in [-0.25, -0.2) is 0 Å². The maximum atomic E-state index is 12.0. The number of rotatable bonds is 12. The summed E-state index contributed by atoms with van der Waals surface area (Å²) in [5.41, 5.74) is -1.21. The first-order valence-corrected chi connectivity index (χ1v) is 10.3. The van der Waals surface area contributed by atoms with Gasteiger partial charge in [-0.2, -0.15) is 10.5 Å². The van der Waals surface area contributed by atoms with Crippen molar-refractivity contribution in [3.8, 4) is 12.4 Å². The molecule has 0 saturated heterocycles. The number of carbonyl (C=O) groups is 2. The zero-order valence-electron chi connectivity index (χ0n) is 16.2. The average Bonchev–Trinajstić information content (AvgIpc) is 2.56. The van der Waals surface area contributed by atoms with Crippen LogP contribution in [0.25, 0.3) is 0 Å². The van der Waals surface area contributed by atoms with Gasteiger partial charge in [-0.15, -0.1) is 0 Å². The predicted molar refractivity (Wildman–Crippen MR) is 101 cm³/mol. The summed E-state index contributed by atoms with van der Waals surface area (Å²) >= 11 is 0. The molecule has 0 saturated carbocycles. The van der Waals surface area contributed by atoms with Crippen LogP contribution in [0, 0.1) is 33.7 Å². The fourth-order valence-corrected chi connectivity index (χ4v) is 3.69. The smallest absolute Gasteiger partial charge is 0.238 e. The van der Waals surface area contributed by atoms with E-state index in [0.29, 0.717) is 24.3 Å². The largest absolute Gasteiger partial charge is 0.273 e. The Hall–Kier alpha value is -1.93. The molecule has 0 aromatic carbocycles. The Labute approximate surface area is 159 Å². The Balaban J connectivity index is 3.95. The van der Waals surface area contributed by atoms with E-state index in [1.165, 1.54) is 0 Å². The van der Waals surface area contributed by atoms with Gasteiger partial charge in [0.2, 0.25) is 11.8 Å². The van der Waals surface area contributed by atoms with Crippen LogP contribution in [0.5, 0.6) is 0 Å². The SMILES string of the molecule is CC(C)(CCCCS(=O)CCCCC(C)(C)C(=O)NC#N)C(=O)NC#N. The predicted octanol–water partition coefficient (Wildman–Crippen LogP) is 2.32. The van der Waals surface area contributed by atoms with Gasteiger partial charge >= 0.3 is 0 Å². The van der Waals surface area contributed by atoms with E-state index in [4.69, 9.17) is 10.5 Å². The molecule has 146 valence electrons. The number of unbranched alkanes of at least 4 members (excludes halogenated alkanes) is 2. The zero-order chi connectivity index (χ0) is 20.2. The number of hydrogen-bond acceptors (Lipinski definition) is 5. The molecule has 0 aromatic rings. The Morgan fingerprint density at radius 3 is 1.46 bits per heavy atom. The molecule has 0 atom stereocenters. The van der Waals surface area contributed by atoms with Gasteiger partial charge < -0.3 is 0 Å². The third-order valence-electron chi connectivity index (χ3n) is 4.42. The Morgan fingerprint density at radius 2 is 1.15 bits per heavy atom. The molecule has 2 amide bonds. The van der Waals surface area contributed by atoms with E-state index in [-0.39, 0.29) is 11.8 Å². The number of hydrogen-bond donors (Lipinski definition) is 2. The zero-order valence-corrected chi connectivity index (χ0v) is 17.0. The molecule has 0 heterocycles. The third-order valence-corrected chi connectivity index (χ3v) is 5.90. The second kappa shape index (κ2) is 11.6. The molecule has 0 bridgehead atoms. The van der Waals surface area contributed by atoms with Crippen molar-refractivity contribution in [3.63, 3.8) is 0 Å². The second-order valence-corrected chi connectivity index (χ2v) is 9.36. The van der Waals surface area contributed by atoms with Crippen LogP contribution in [0.2, 0.25) is 0 Å². The lowest BCUT2D eigenvalue weighted by Gasteiger charge is -2.21. The van der Waals surface area contributed by atoms with E-state index in [2.05, 4.69) is 10.6 Å². The Bertz CT molecular complexity index is 538. The molecule has 0 radical (unpaired) electrons. The van der Waals surface area contributed by atoms with Crippen LogP contribution in [0.4, 0.5) is 0 Å². The molecule has 0 unspecified atom stereocenters. The van der Waals surface area contributed by atoms with Crippen LogP contribution < -0.4 is 10.6 Å². The summed E-state index contributed by atoms with van der Waals surface area (Å²) in [6.07, 6.45) is 7.66. The standard InChI is InChI=1S/C18H30N4O3S/c1-17(2,15(23)21-13-19)9-5-7-11-26(25)12-8-6-10-18(3,4)16(24)22-14-20/h5-12H2,1-4H3,(H,21,23)(H,22,24). The molecule has 0 fully saturated rings. The highest BCUT2D eigenvalue weighted by Crippen LogP contribution is 2.24. The van der Waals surface area contributed by atoms with Crippen LogP contribution in [0.1, 0.15) is 66.2 Å². The van der Waals surface area contributed by atoms with Crippen molar-refractivity contribution in [3.05, 3.63) is 0 Å². The number of carbonyl (C=O) groups excluding carboxylic acids is 2. The summed E-state index contributed by atoms with van der Waals surface area (Å²) in [7, 11) is -0.911. The summed E-state index contributed by atoms with van der Waals surface area (Å²) in [6, 6.07) is 0. The number of nitriles is 2. The topological polar surface area (TPSA) is 123 Å². The monoisotopic (exact) mass is 382 g/mol. The van der Waals surface area contributed by atoms with E-state index >= 15 is 0 Å². The van der Waals surface area contributed by atoms with Crippen molar-refractivity contribution < 1.29 is 13.8 Å². The van der Waals surface area contributed by atoms with E-state index < -0.39 is 21.6 Å². The van der Waals surface area contributed by atoms with Crippen molar-refractivity contribution in [1.29, 1.82) is 10.5 Å². The van der Waals surface area contributed by atoms with Gasteiger partial charge in [-0.1, -0.05) is 40.5 Å². The number of nitrogens with one attached hydrogen (secondary N) is 2. The van der Waals surface area contributed by atoms with Gasteiger partial charge in [0.05, 0.1) is 0 Å². The van der Waals surface area contributed by atoms with Crippen LogP contribution in [-0.2, 0) is 20.4 Å². The summed E-state index contributed by atoms with van der Waals surface area (Å²) in [4.78, 5) is 23.4. The molecular formula is C18H30N4O3S. The van der Waals surface area contributed by atoms with Crippen LogP contribution >= 0.6 is 0 Å². The first-order chi connectivity index (χ1) is 12.1. The highest BCUT2D eigenvalue weighted by Gasteiger charge is 2.27. The third kappa shape index (κ3) is 9.53. The van der Waals surface area contributed by atoms with E-state index in [1.807, 2.05) is 0 Å². The molecule has 7 nitrogen and oxygen atoms in total. The van der Waals surface area contributed by atoms with Gasteiger partial charge in [-0.05, 0) is 25.7 Å². The summed E-state index contributed by atoms with van der Waals surface area (Å²) < 4.78 is 12.0. The van der Waals surface area contributed by atoms with Crippen molar-refractivity contribution in [2.75, 3.05) is 11.5 Å². The first-order valence-electron chi connectivity index (χ1n) is 8.81. The molecule has 0 aliphatic heterocycles. The van der Waals surface area contributed by atoms with Gasteiger partial charge in [0.15, 0.2) is 12.4 Å². The lowest BCUT2D eigenvalue weighted by atomic mass is 9.86. The average molecular weight is 383 g/mol. The van der Waals surface area contributed by atoms with E-state index in [9.17, 15) is 13.8 Å². The van der Waals surface area contributed by atoms with Crippen molar-refractivity contribution >= 4 is 22.6 Å². The highest BCUT2D eigenvalue weighted by molar-refractivity contribution is 7.84. The fraction of sp³-hybridized carbons (Fsp3) is 0.778. The van der Waals surface area contributed by atoms with Crippen molar-refractivity contribution in [1.82, 2.24) is 10.6 Å². The van der Waals surface area contributed by atoms with Crippen LogP contribution in [0.15, 0.2) is 0 Å². The van der Waals surface area contributed by atoms with Gasteiger partial charge in [0.1, 0.15) is 0 Å². The Morgan fingerprint density at radius 1 is 0.808 bits per heavy atom. The minimum atomic E-state index is -0.911. The first kappa shape index (κ1) is 24.1. The molecule has 26 heavy (non-hydrogen) atoms. The minimum absolute atomic E-state index is 0.288. The van der Waals surface area contributed by atoms with Gasteiger partial charge in [-0.3, -0.25) is 24.4 Å². The maximum Gasteiger partial charge on any atom is 0.238 e. The molecule has 8 heteroatoms. The summed E-state index contributed by atoms with van der Waals surface area (Å²) in [5.74, 6) is 0.607. The molecule has 2 N–H and O–H groups in total.